The van der Waals surface area contributed by atoms with E-state index in [1.807, 2.05) is 48.1 Å². The number of nitrogens with zero attached hydrogens (tertiary/aromatic N) is 3. The highest BCUT2D eigenvalue weighted by Gasteiger charge is 2.15. The van der Waals surface area contributed by atoms with E-state index in [0.717, 1.165) is 37.6 Å². The minimum Gasteiger partial charge on any atom is -0.481 e. The lowest BCUT2D eigenvalue weighted by Crippen LogP contribution is -1.93. The summed E-state index contributed by atoms with van der Waals surface area (Å²) >= 11 is 1.64. The molecule has 0 amide bonds. The lowest BCUT2D eigenvalue weighted by molar-refractivity contribution is 0.371. The van der Waals surface area contributed by atoms with Crippen molar-refractivity contribution < 1.29 is 4.74 Å². The maximum Gasteiger partial charge on any atom is 0.148 e. The lowest BCUT2D eigenvalue weighted by atomic mass is 10.2. The minimum atomic E-state index is 0.252. The second kappa shape index (κ2) is 5.41. The largest absolute Gasteiger partial charge is 0.481 e. The van der Waals surface area contributed by atoms with E-state index in [1.165, 1.54) is 0 Å². The number of thiazole rings is 1. The summed E-state index contributed by atoms with van der Waals surface area (Å²) in [4.78, 5) is 4.71. The van der Waals surface area contributed by atoms with Gasteiger partial charge >= 0.3 is 0 Å². The number of terminal acetylenes is 1. The molecule has 4 nitrogen and oxygen atoms in total. The van der Waals surface area contributed by atoms with Crippen LogP contribution in [-0.2, 0) is 7.05 Å². The van der Waals surface area contributed by atoms with E-state index in [-0.39, 0.29) is 6.61 Å². The number of benzene rings is 2. The predicted molar refractivity (Wildman–Crippen MR) is 93.7 cm³/mol. The Morgan fingerprint density at radius 3 is 2.96 bits per heavy atom. The molecular weight excluding hydrogens is 306 g/mol. The smallest absolute Gasteiger partial charge is 0.148 e. The van der Waals surface area contributed by atoms with Crippen molar-refractivity contribution >= 4 is 32.5 Å². The van der Waals surface area contributed by atoms with E-state index in [9.17, 15) is 0 Å². The minimum absolute atomic E-state index is 0.252. The number of aryl methyl sites for hydroxylation is 1. The Morgan fingerprint density at radius 2 is 2.13 bits per heavy atom. The Bertz CT molecular complexity index is 1020. The molecule has 2 aromatic heterocycles. The number of hydrogen-bond acceptors (Lipinski definition) is 4. The first-order valence-corrected chi connectivity index (χ1v) is 7.97. The molecule has 23 heavy (non-hydrogen) atoms. The summed E-state index contributed by atoms with van der Waals surface area (Å²) in [5, 5.41) is 6.57. The molecule has 0 N–H and O–H groups in total. The number of hydrogen-bond donors (Lipinski definition) is 0. The van der Waals surface area contributed by atoms with Crippen molar-refractivity contribution in [1.29, 1.82) is 0 Å². The summed E-state index contributed by atoms with van der Waals surface area (Å²) in [6.45, 7) is 0.252. The van der Waals surface area contributed by atoms with Gasteiger partial charge in [-0.25, -0.2) is 4.98 Å². The van der Waals surface area contributed by atoms with Crippen molar-refractivity contribution in [2.75, 3.05) is 6.61 Å². The van der Waals surface area contributed by atoms with Crippen LogP contribution in [0.15, 0.2) is 42.5 Å². The number of para-hydroxylation sites is 1. The summed E-state index contributed by atoms with van der Waals surface area (Å²) in [6.07, 6.45) is 5.26. The highest BCUT2D eigenvalue weighted by molar-refractivity contribution is 7.21. The third-order valence-corrected chi connectivity index (χ3v) is 4.68. The van der Waals surface area contributed by atoms with E-state index in [2.05, 4.69) is 17.1 Å². The normalized spacial score (nSPS) is 11.0. The van der Waals surface area contributed by atoms with Crippen LogP contribution in [0.4, 0.5) is 0 Å². The van der Waals surface area contributed by atoms with Crippen LogP contribution < -0.4 is 4.74 Å². The molecule has 0 atom stereocenters. The van der Waals surface area contributed by atoms with Gasteiger partial charge in [0.2, 0.25) is 0 Å². The fourth-order valence-electron chi connectivity index (χ4n) is 2.59. The van der Waals surface area contributed by atoms with Crippen LogP contribution in [0.3, 0.4) is 0 Å². The van der Waals surface area contributed by atoms with Crippen molar-refractivity contribution in [2.45, 2.75) is 0 Å². The van der Waals surface area contributed by atoms with Gasteiger partial charge in [0.05, 0.1) is 15.7 Å². The van der Waals surface area contributed by atoms with Crippen LogP contribution in [-0.4, -0.2) is 21.4 Å². The Hall–Kier alpha value is -2.84. The Morgan fingerprint density at radius 1 is 1.26 bits per heavy atom. The van der Waals surface area contributed by atoms with Gasteiger partial charge in [-0.3, -0.25) is 4.68 Å². The third-order valence-electron chi connectivity index (χ3n) is 3.64. The lowest BCUT2D eigenvalue weighted by Gasteiger charge is -2.02. The zero-order chi connectivity index (χ0) is 15.8. The highest BCUT2D eigenvalue weighted by Crippen LogP contribution is 2.35. The standard InChI is InChI=1S/C18H13N3OS/c1-3-10-22-12-8-9-15-13(11-12)17(20-21(15)2)18-19-14-6-4-5-7-16(14)23-18/h1,4-9,11H,10H2,2H3. The summed E-state index contributed by atoms with van der Waals surface area (Å²) < 4.78 is 8.55. The Labute approximate surface area is 137 Å². The molecule has 0 unspecified atom stereocenters. The number of aromatic nitrogens is 3. The van der Waals surface area contributed by atoms with Gasteiger partial charge in [-0.15, -0.1) is 17.8 Å². The summed E-state index contributed by atoms with van der Waals surface area (Å²) in [5.41, 5.74) is 2.90. The molecule has 4 aromatic rings. The highest BCUT2D eigenvalue weighted by atomic mass is 32.1. The summed E-state index contributed by atoms with van der Waals surface area (Å²) in [7, 11) is 1.93. The molecule has 0 aliphatic heterocycles. The van der Waals surface area contributed by atoms with Crippen LogP contribution in [0.1, 0.15) is 0 Å². The predicted octanol–water partition coefficient (Wildman–Crippen LogP) is 3.86. The zero-order valence-electron chi connectivity index (χ0n) is 12.5. The second-order valence-corrected chi connectivity index (χ2v) is 6.16. The fourth-order valence-corrected chi connectivity index (χ4v) is 3.56. The second-order valence-electron chi connectivity index (χ2n) is 5.13. The molecule has 2 aromatic carbocycles. The summed E-state index contributed by atoms with van der Waals surface area (Å²) in [5.74, 6) is 3.22. The molecule has 112 valence electrons. The molecular formula is C18H13N3OS. The fraction of sp³-hybridized carbons (Fsp3) is 0.111. The average Bonchev–Trinajstić information content (AvgIpc) is 3.14. The SMILES string of the molecule is C#CCOc1ccc2c(c1)c(-c1nc3ccccc3s1)nn2C. The first-order chi connectivity index (χ1) is 11.3. The molecule has 0 saturated carbocycles. The molecule has 2 heterocycles. The molecule has 4 rings (SSSR count). The van der Waals surface area contributed by atoms with E-state index in [4.69, 9.17) is 16.1 Å². The first-order valence-electron chi connectivity index (χ1n) is 7.15. The van der Waals surface area contributed by atoms with Gasteiger partial charge in [-0.05, 0) is 30.3 Å². The maximum absolute atomic E-state index is 5.53. The quantitative estimate of drug-likeness (QED) is 0.538. The topological polar surface area (TPSA) is 39.9 Å². The van der Waals surface area contributed by atoms with E-state index >= 15 is 0 Å². The molecule has 0 fully saturated rings. The molecule has 0 saturated heterocycles. The average molecular weight is 319 g/mol. The molecule has 0 bridgehead atoms. The molecule has 0 aliphatic carbocycles. The van der Waals surface area contributed by atoms with Gasteiger partial charge < -0.3 is 4.74 Å². The first kappa shape index (κ1) is 13.8. The van der Waals surface area contributed by atoms with Gasteiger partial charge in [0, 0.05) is 12.4 Å². The summed E-state index contributed by atoms with van der Waals surface area (Å²) in [6, 6.07) is 14.0. The van der Waals surface area contributed by atoms with Crippen molar-refractivity contribution in [3.63, 3.8) is 0 Å². The van der Waals surface area contributed by atoms with Crippen molar-refractivity contribution in [3.05, 3.63) is 42.5 Å². The maximum atomic E-state index is 5.53. The van der Waals surface area contributed by atoms with Gasteiger partial charge in [0.1, 0.15) is 23.1 Å². The van der Waals surface area contributed by atoms with E-state index < -0.39 is 0 Å². The van der Waals surface area contributed by atoms with Gasteiger partial charge in [-0.1, -0.05) is 18.1 Å². The van der Waals surface area contributed by atoms with Crippen LogP contribution in [0.25, 0.3) is 31.8 Å². The third kappa shape index (κ3) is 2.33. The zero-order valence-corrected chi connectivity index (χ0v) is 13.3. The van der Waals surface area contributed by atoms with Crippen LogP contribution in [0.5, 0.6) is 5.75 Å². The van der Waals surface area contributed by atoms with Crippen molar-refractivity contribution in [1.82, 2.24) is 14.8 Å². The molecule has 0 spiro atoms. The Kier molecular flexibility index (Phi) is 3.25. The number of fused-ring (bicyclic) bond motifs is 2. The van der Waals surface area contributed by atoms with Gasteiger partial charge in [-0.2, -0.15) is 5.10 Å². The number of rotatable bonds is 3. The van der Waals surface area contributed by atoms with Crippen molar-refractivity contribution in [3.8, 4) is 28.8 Å². The van der Waals surface area contributed by atoms with E-state index in [1.54, 1.807) is 11.3 Å². The van der Waals surface area contributed by atoms with Gasteiger partial charge in [0.15, 0.2) is 0 Å². The van der Waals surface area contributed by atoms with Crippen LogP contribution in [0.2, 0.25) is 0 Å². The monoisotopic (exact) mass is 319 g/mol. The number of ether oxygens (including phenoxy) is 1. The van der Waals surface area contributed by atoms with Crippen LogP contribution >= 0.6 is 11.3 Å². The molecule has 0 aliphatic rings. The van der Waals surface area contributed by atoms with Crippen molar-refractivity contribution in [2.24, 2.45) is 7.05 Å². The molecule has 0 radical (unpaired) electrons. The Balaban J connectivity index is 1.89. The van der Waals surface area contributed by atoms with Gasteiger partial charge in [0.25, 0.3) is 0 Å². The van der Waals surface area contributed by atoms with Crippen LogP contribution in [0, 0.1) is 12.3 Å². The van der Waals surface area contributed by atoms with E-state index in [0.29, 0.717) is 0 Å². The molecule has 5 heteroatoms.